The van der Waals surface area contributed by atoms with Crippen LogP contribution < -0.4 is 20.5 Å². The molecule has 6 nitrogen and oxygen atoms in total. The van der Waals surface area contributed by atoms with Gasteiger partial charge in [0, 0.05) is 12.4 Å². The zero-order valence-corrected chi connectivity index (χ0v) is 16.7. The largest absolute Gasteiger partial charge is 0.493 e. The van der Waals surface area contributed by atoms with E-state index in [1.165, 1.54) is 0 Å². The number of amides is 1. The van der Waals surface area contributed by atoms with Crippen molar-refractivity contribution >= 4 is 5.91 Å². The summed E-state index contributed by atoms with van der Waals surface area (Å²) >= 11 is 0. The van der Waals surface area contributed by atoms with Gasteiger partial charge >= 0.3 is 0 Å². The normalized spacial score (nSPS) is 13.6. The van der Waals surface area contributed by atoms with Crippen LogP contribution in [0, 0.1) is 5.41 Å². The Morgan fingerprint density at radius 3 is 2.44 bits per heavy atom. The monoisotopic (exact) mass is 371 g/mol. The minimum Gasteiger partial charge on any atom is -0.493 e. The van der Waals surface area contributed by atoms with Crippen LogP contribution in [0.3, 0.4) is 0 Å². The van der Waals surface area contributed by atoms with Gasteiger partial charge in [-0.2, -0.15) is 0 Å². The van der Waals surface area contributed by atoms with Crippen LogP contribution in [0.5, 0.6) is 11.5 Å². The number of rotatable bonds is 7. The molecule has 0 saturated heterocycles. The van der Waals surface area contributed by atoms with Gasteiger partial charge in [-0.25, -0.2) is 0 Å². The quantitative estimate of drug-likeness (QED) is 0.780. The van der Waals surface area contributed by atoms with Gasteiger partial charge < -0.3 is 20.5 Å². The molecule has 1 aromatic heterocycles. The molecule has 2 rings (SSSR count). The zero-order chi connectivity index (χ0) is 20.0. The Labute approximate surface area is 161 Å². The molecule has 3 N–H and O–H groups in total. The van der Waals surface area contributed by atoms with Crippen molar-refractivity contribution < 1.29 is 14.3 Å². The van der Waals surface area contributed by atoms with Crippen molar-refractivity contribution in [3.05, 3.63) is 53.9 Å². The molecular formula is C21H29N3O3. The summed E-state index contributed by atoms with van der Waals surface area (Å²) in [5.41, 5.74) is 7.67. The van der Waals surface area contributed by atoms with Crippen LogP contribution in [0.4, 0.5) is 0 Å². The first-order valence-electron chi connectivity index (χ1n) is 8.98. The fourth-order valence-corrected chi connectivity index (χ4v) is 2.49. The third-order valence-corrected chi connectivity index (χ3v) is 4.41. The topological polar surface area (TPSA) is 86.5 Å². The molecule has 0 aliphatic rings. The van der Waals surface area contributed by atoms with Crippen LogP contribution in [-0.2, 0) is 11.4 Å². The molecule has 146 valence electrons. The highest BCUT2D eigenvalue weighted by molar-refractivity contribution is 5.82. The van der Waals surface area contributed by atoms with E-state index in [1.54, 1.807) is 19.5 Å². The second kappa shape index (κ2) is 8.86. The number of nitrogens with two attached hydrogens (primary N) is 1. The fourth-order valence-electron chi connectivity index (χ4n) is 2.49. The smallest absolute Gasteiger partial charge is 0.237 e. The lowest BCUT2D eigenvalue weighted by atomic mass is 9.86. The van der Waals surface area contributed by atoms with E-state index in [0.717, 1.165) is 11.1 Å². The van der Waals surface area contributed by atoms with Crippen molar-refractivity contribution in [2.24, 2.45) is 11.1 Å². The first-order chi connectivity index (χ1) is 12.7. The number of pyridine rings is 1. The van der Waals surface area contributed by atoms with E-state index in [4.69, 9.17) is 15.2 Å². The SMILES string of the molecule is COc1cc(C(C)NC(=O)[C@@H](N)C(C)(C)C)ccc1OCc1ccncc1. The third kappa shape index (κ3) is 5.69. The average Bonchev–Trinajstić information content (AvgIpc) is 2.65. The Bertz CT molecular complexity index is 757. The fraction of sp³-hybridized carbons (Fsp3) is 0.429. The van der Waals surface area contributed by atoms with Gasteiger partial charge in [0.15, 0.2) is 11.5 Å². The summed E-state index contributed by atoms with van der Waals surface area (Å²) in [7, 11) is 1.59. The van der Waals surface area contributed by atoms with E-state index in [-0.39, 0.29) is 17.4 Å². The molecule has 0 fully saturated rings. The van der Waals surface area contributed by atoms with Crippen molar-refractivity contribution in [3.8, 4) is 11.5 Å². The number of carbonyl (C=O) groups is 1. The zero-order valence-electron chi connectivity index (χ0n) is 16.7. The Kier molecular flexibility index (Phi) is 6.80. The molecule has 2 aromatic rings. The Hall–Kier alpha value is -2.60. The summed E-state index contributed by atoms with van der Waals surface area (Å²) in [6.07, 6.45) is 3.46. The van der Waals surface area contributed by atoms with E-state index < -0.39 is 6.04 Å². The number of methoxy groups -OCH3 is 1. The predicted molar refractivity (Wildman–Crippen MR) is 106 cm³/mol. The van der Waals surface area contributed by atoms with Gasteiger partial charge in [-0.05, 0) is 47.7 Å². The lowest BCUT2D eigenvalue weighted by Crippen LogP contribution is -2.49. The minimum absolute atomic E-state index is 0.174. The van der Waals surface area contributed by atoms with Crippen LogP contribution in [0.25, 0.3) is 0 Å². The number of nitrogens with zero attached hydrogens (tertiary/aromatic N) is 1. The van der Waals surface area contributed by atoms with Crippen LogP contribution in [0.2, 0.25) is 0 Å². The summed E-state index contributed by atoms with van der Waals surface area (Å²) in [5.74, 6) is 1.08. The summed E-state index contributed by atoms with van der Waals surface area (Å²) in [6.45, 7) is 8.17. The Balaban J connectivity index is 2.07. The molecule has 0 radical (unpaired) electrons. The van der Waals surface area contributed by atoms with E-state index in [1.807, 2.05) is 58.0 Å². The molecule has 27 heavy (non-hydrogen) atoms. The van der Waals surface area contributed by atoms with Crippen LogP contribution in [0.15, 0.2) is 42.7 Å². The standard InChI is InChI=1S/C21H29N3O3/c1-14(24-20(25)19(22)21(2,3)4)16-6-7-17(18(12-16)26-5)27-13-15-8-10-23-11-9-15/h6-12,14,19H,13,22H2,1-5H3,(H,24,25)/t14?,19-/m1/s1. The van der Waals surface area contributed by atoms with Crippen molar-refractivity contribution in [2.75, 3.05) is 7.11 Å². The molecule has 1 heterocycles. The number of ether oxygens (including phenoxy) is 2. The lowest BCUT2D eigenvalue weighted by Gasteiger charge is -2.27. The molecular weight excluding hydrogens is 342 g/mol. The number of benzene rings is 1. The van der Waals surface area contributed by atoms with Gasteiger partial charge in [0.25, 0.3) is 0 Å². The Morgan fingerprint density at radius 1 is 1.19 bits per heavy atom. The van der Waals surface area contributed by atoms with Gasteiger partial charge in [-0.1, -0.05) is 26.8 Å². The van der Waals surface area contributed by atoms with Gasteiger partial charge in [0.1, 0.15) is 6.61 Å². The van der Waals surface area contributed by atoms with Crippen molar-refractivity contribution in [2.45, 2.75) is 46.4 Å². The van der Waals surface area contributed by atoms with Gasteiger partial charge in [0.05, 0.1) is 19.2 Å². The number of hydrogen-bond acceptors (Lipinski definition) is 5. The first-order valence-corrected chi connectivity index (χ1v) is 8.98. The van der Waals surface area contributed by atoms with E-state index in [0.29, 0.717) is 18.1 Å². The molecule has 1 unspecified atom stereocenters. The maximum absolute atomic E-state index is 12.4. The van der Waals surface area contributed by atoms with Crippen molar-refractivity contribution in [3.63, 3.8) is 0 Å². The average molecular weight is 371 g/mol. The highest BCUT2D eigenvalue weighted by atomic mass is 16.5. The summed E-state index contributed by atoms with van der Waals surface area (Å²) in [6, 6.07) is 8.65. The summed E-state index contributed by atoms with van der Waals surface area (Å²) in [5, 5.41) is 2.96. The second-order valence-corrected chi connectivity index (χ2v) is 7.63. The highest BCUT2D eigenvalue weighted by Gasteiger charge is 2.28. The molecule has 0 aliphatic carbocycles. The van der Waals surface area contributed by atoms with Crippen LogP contribution in [-0.4, -0.2) is 24.0 Å². The van der Waals surface area contributed by atoms with Crippen LogP contribution in [0.1, 0.15) is 44.9 Å². The molecule has 1 aromatic carbocycles. The molecule has 0 spiro atoms. The predicted octanol–water partition coefficient (Wildman–Crippen LogP) is 3.22. The van der Waals surface area contributed by atoms with Crippen molar-refractivity contribution in [1.82, 2.24) is 10.3 Å². The van der Waals surface area contributed by atoms with Crippen LogP contribution >= 0.6 is 0 Å². The first kappa shape index (κ1) is 20.7. The second-order valence-electron chi connectivity index (χ2n) is 7.63. The maximum atomic E-state index is 12.4. The Morgan fingerprint density at radius 2 is 1.85 bits per heavy atom. The number of carbonyl (C=O) groups excluding carboxylic acids is 1. The molecule has 6 heteroatoms. The lowest BCUT2D eigenvalue weighted by molar-refractivity contribution is -0.125. The van der Waals surface area contributed by atoms with Crippen molar-refractivity contribution in [1.29, 1.82) is 0 Å². The van der Waals surface area contributed by atoms with Gasteiger partial charge in [0.2, 0.25) is 5.91 Å². The number of hydrogen-bond donors (Lipinski definition) is 2. The molecule has 0 saturated carbocycles. The third-order valence-electron chi connectivity index (χ3n) is 4.41. The molecule has 0 bridgehead atoms. The maximum Gasteiger partial charge on any atom is 0.237 e. The number of aromatic nitrogens is 1. The van der Waals surface area contributed by atoms with Gasteiger partial charge in [-0.3, -0.25) is 9.78 Å². The van der Waals surface area contributed by atoms with E-state index in [2.05, 4.69) is 10.3 Å². The van der Waals surface area contributed by atoms with Gasteiger partial charge in [-0.15, -0.1) is 0 Å². The summed E-state index contributed by atoms with van der Waals surface area (Å²) in [4.78, 5) is 16.3. The summed E-state index contributed by atoms with van der Waals surface area (Å²) < 4.78 is 11.3. The molecule has 2 atom stereocenters. The van der Waals surface area contributed by atoms with E-state index in [9.17, 15) is 4.79 Å². The number of nitrogens with one attached hydrogen (secondary N) is 1. The highest BCUT2D eigenvalue weighted by Crippen LogP contribution is 2.31. The molecule has 0 aliphatic heterocycles. The molecule has 1 amide bonds. The van der Waals surface area contributed by atoms with E-state index >= 15 is 0 Å². The minimum atomic E-state index is -0.579.